The van der Waals surface area contributed by atoms with Gasteiger partial charge in [-0.3, -0.25) is 9.59 Å². The second-order valence-corrected chi connectivity index (χ2v) is 3.38. The van der Waals surface area contributed by atoms with Gasteiger partial charge in [0.25, 0.3) is 0 Å². The highest BCUT2D eigenvalue weighted by Crippen LogP contribution is 2.04. The number of benzene rings is 1. The molecule has 0 heterocycles. The zero-order valence-corrected chi connectivity index (χ0v) is 9.11. The fourth-order valence-electron chi connectivity index (χ4n) is 1.27. The van der Waals surface area contributed by atoms with Crippen LogP contribution in [-0.4, -0.2) is 18.2 Å². The van der Waals surface area contributed by atoms with Crippen molar-refractivity contribution < 1.29 is 9.59 Å². The van der Waals surface area contributed by atoms with Crippen LogP contribution in [0.5, 0.6) is 0 Å². The van der Waals surface area contributed by atoms with Crippen LogP contribution >= 0.6 is 0 Å². The highest BCUT2D eigenvalue weighted by Gasteiger charge is 2.07. The molecular weight excluding hydrogens is 202 g/mol. The van der Waals surface area contributed by atoms with Crippen molar-refractivity contribution in [1.29, 1.82) is 0 Å². The first kappa shape index (κ1) is 12.2. The van der Waals surface area contributed by atoms with E-state index in [1.165, 1.54) is 0 Å². The first-order valence-corrected chi connectivity index (χ1v) is 5.20. The average Bonchev–Trinajstić information content (AvgIpc) is 2.34. The number of hydrogen-bond acceptors (Lipinski definition) is 2. The van der Waals surface area contributed by atoms with E-state index >= 15 is 0 Å². The summed E-state index contributed by atoms with van der Waals surface area (Å²) in [6, 6.07) is 8.98. The van der Waals surface area contributed by atoms with Gasteiger partial charge in [0.15, 0.2) is 5.78 Å². The zero-order chi connectivity index (χ0) is 11.8. The molecule has 0 saturated heterocycles. The summed E-state index contributed by atoms with van der Waals surface area (Å²) < 4.78 is 0. The number of amides is 1. The third-order valence-corrected chi connectivity index (χ3v) is 2.12. The number of carbonyl (C=O) groups excluding carboxylic acids is 2. The van der Waals surface area contributed by atoms with Gasteiger partial charge < -0.3 is 5.32 Å². The second kappa shape index (κ2) is 6.56. The van der Waals surface area contributed by atoms with Crippen molar-refractivity contribution in [2.24, 2.45) is 0 Å². The molecule has 0 unspecified atom stereocenters. The van der Waals surface area contributed by atoms with Crippen molar-refractivity contribution in [1.82, 2.24) is 5.32 Å². The molecule has 16 heavy (non-hydrogen) atoms. The second-order valence-electron chi connectivity index (χ2n) is 3.38. The number of Topliss-reactive ketones (excluding diaryl/α,β-unsaturated/α-hetero) is 1. The van der Waals surface area contributed by atoms with Gasteiger partial charge in [0.05, 0.1) is 0 Å². The Morgan fingerprint density at radius 2 is 1.88 bits per heavy atom. The molecule has 0 fully saturated rings. The summed E-state index contributed by atoms with van der Waals surface area (Å²) in [4.78, 5) is 22.8. The van der Waals surface area contributed by atoms with Gasteiger partial charge in [-0.2, -0.15) is 0 Å². The van der Waals surface area contributed by atoms with Crippen molar-refractivity contribution in [3.63, 3.8) is 0 Å². The zero-order valence-electron chi connectivity index (χ0n) is 9.11. The first-order chi connectivity index (χ1) is 7.74. The molecule has 0 aliphatic rings. The van der Waals surface area contributed by atoms with Crippen LogP contribution in [0.2, 0.25) is 0 Å². The van der Waals surface area contributed by atoms with E-state index in [4.69, 9.17) is 0 Å². The predicted octanol–water partition coefficient (Wildman–Crippen LogP) is 1.95. The van der Waals surface area contributed by atoms with Crippen LogP contribution in [0.3, 0.4) is 0 Å². The summed E-state index contributed by atoms with van der Waals surface area (Å²) >= 11 is 0. The fourth-order valence-corrected chi connectivity index (χ4v) is 1.27. The van der Waals surface area contributed by atoms with E-state index in [1.807, 2.05) is 18.2 Å². The predicted molar refractivity (Wildman–Crippen MR) is 63.2 cm³/mol. The maximum Gasteiger partial charge on any atom is 0.220 e. The molecule has 1 aromatic rings. The van der Waals surface area contributed by atoms with Crippen LogP contribution < -0.4 is 5.32 Å². The van der Waals surface area contributed by atoms with Crippen LogP contribution in [0.4, 0.5) is 0 Å². The molecule has 0 radical (unpaired) electrons. The minimum Gasteiger partial charge on any atom is -0.353 e. The van der Waals surface area contributed by atoms with Crippen LogP contribution in [0.1, 0.15) is 23.2 Å². The maximum atomic E-state index is 11.6. The third-order valence-electron chi connectivity index (χ3n) is 2.12. The Balaban J connectivity index is 2.36. The van der Waals surface area contributed by atoms with Gasteiger partial charge in [-0.1, -0.05) is 36.4 Å². The van der Waals surface area contributed by atoms with E-state index in [2.05, 4.69) is 11.9 Å². The van der Waals surface area contributed by atoms with E-state index in [-0.39, 0.29) is 24.5 Å². The minimum atomic E-state index is -0.121. The smallest absolute Gasteiger partial charge is 0.220 e. The van der Waals surface area contributed by atoms with E-state index < -0.39 is 0 Å². The third kappa shape index (κ3) is 4.09. The van der Waals surface area contributed by atoms with Gasteiger partial charge in [0.1, 0.15) is 0 Å². The normalized spacial score (nSPS) is 9.50. The molecule has 0 atom stereocenters. The molecule has 0 aromatic heterocycles. The topological polar surface area (TPSA) is 46.2 Å². The first-order valence-electron chi connectivity index (χ1n) is 5.20. The Kier molecular flexibility index (Phi) is 4.99. The van der Waals surface area contributed by atoms with Gasteiger partial charge in [-0.15, -0.1) is 6.58 Å². The van der Waals surface area contributed by atoms with E-state index in [1.54, 1.807) is 18.2 Å². The lowest BCUT2D eigenvalue weighted by molar-refractivity contribution is -0.120. The highest BCUT2D eigenvalue weighted by molar-refractivity contribution is 5.97. The molecule has 3 heteroatoms. The summed E-state index contributed by atoms with van der Waals surface area (Å²) in [7, 11) is 0. The van der Waals surface area contributed by atoms with Crippen LogP contribution in [0, 0.1) is 0 Å². The van der Waals surface area contributed by atoms with Crippen molar-refractivity contribution in [3.8, 4) is 0 Å². The summed E-state index contributed by atoms with van der Waals surface area (Å²) in [6.07, 6.45) is 2.07. The molecule has 0 bridgehead atoms. The molecule has 84 valence electrons. The molecule has 0 aliphatic carbocycles. The van der Waals surface area contributed by atoms with Crippen molar-refractivity contribution >= 4 is 11.7 Å². The van der Waals surface area contributed by atoms with E-state index in [0.717, 1.165) is 0 Å². The minimum absolute atomic E-state index is 0.00523. The Bertz CT molecular complexity index is 371. The van der Waals surface area contributed by atoms with Crippen molar-refractivity contribution in [2.75, 3.05) is 6.54 Å². The van der Waals surface area contributed by atoms with Crippen LogP contribution in [0.25, 0.3) is 0 Å². The summed E-state index contributed by atoms with van der Waals surface area (Å²) in [5.74, 6) is -0.126. The quantitative estimate of drug-likeness (QED) is 0.584. The summed E-state index contributed by atoms with van der Waals surface area (Å²) in [6.45, 7) is 3.94. The Morgan fingerprint density at radius 1 is 1.19 bits per heavy atom. The molecular formula is C13H15NO2. The fraction of sp³-hybridized carbons (Fsp3) is 0.231. The Hall–Kier alpha value is -1.90. The molecule has 0 spiro atoms. The Morgan fingerprint density at radius 3 is 2.50 bits per heavy atom. The highest BCUT2D eigenvalue weighted by atomic mass is 16.2. The Labute approximate surface area is 95.2 Å². The summed E-state index contributed by atoms with van der Waals surface area (Å²) in [5.41, 5.74) is 0.652. The number of ketones is 1. The van der Waals surface area contributed by atoms with Gasteiger partial charge >= 0.3 is 0 Å². The van der Waals surface area contributed by atoms with Crippen LogP contribution in [-0.2, 0) is 4.79 Å². The van der Waals surface area contributed by atoms with Crippen LogP contribution in [0.15, 0.2) is 43.0 Å². The van der Waals surface area contributed by atoms with E-state index in [9.17, 15) is 9.59 Å². The largest absolute Gasteiger partial charge is 0.353 e. The van der Waals surface area contributed by atoms with E-state index in [0.29, 0.717) is 12.1 Å². The molecule has 1 aromatic carbocycles. The molecule has 1 rings (SSSR count). The SMILES string of the molecule is C=CCNC(=O)CCC(=O)c1ccccc1. The van der Waals surface area contributed by atoms with Crippen molar-refractivity contribution in [3.05, 3.63) is 48.6 Å². The monoisotopic (exact) mass is 217 g/mol. The van der Waals surface area contributed by atoms with Gasteiger partial charge in [0.2, 0.25) is 5.91 Å². The lowest BCUT2D eigenvalue weighted by atomic mass is 10.1. The molecule has 0 saturated carbocycles. The summed E-state index contributed by atoms with van der Waals surface area (Å²) in [5, 5.41) is 2.63. The average molecular weight is 217 g/mol. The van der Waals surface area contributed by atoms with Crippen molar-refractivity contribution in [2.45, 2.75) is 12.8 Å². The molecule has 1 amide bonds. The standard InChI is InChI=1S/C13H15NO2/c1-2-10-14-13(16)9-8-12(15)11-6-4-3-5-7-11/h2-7H,1,8-10H2,(H,14,16). The maximum absolute atomic E-state index is 11.6. The number of rotatable bonds is 6. The van der Waals surface area contributed by atoms with Gasteiger partial charge in [-0.05, 0) is 0 Å². The lowest BCUT2D eigenvalue weighted by Crippen LogP contribution is -2.23. The number of hydrogen-bond donors (Lipinski definition) is 1. The number of nitrogens with one attached hydrogen (secondary N) is 1. The molecule has 0 aliphatic heterocycles. The van der Waals surface area contributed by atoms with Gasteiger partial charge in [0, 0.05) is 24.9 Å². The molecule has 3 nitrogen and oxygen atoms in total. The number of carbonyl (C=O) groups is 2. The van der Waals surface area contributed by atoms with Gasteiger partial charge in [-0.25, -0.2) is 0 Å². The lowest BCUT2D eigenvalue weighted by Gasteiger charge is -2.02. The molecule has 1 N–H and O–H groups in total.